The average Bonchev–Trinajstić information content (AvgIpc) is 2.75. The molecule has 0 aliphatic carbocycles. The summed E-state index contributed by atoms with van der Waals surface area (Å²) in [6.07, 6.45) is 0. The first-order valence-corrected chi connectivity index (χ1v) is 6.01. The number of rotatable bonds is 4. The zero-order chi connectivity index (χ0) is 12.3. The summed E-state index contributed by atoms with van der Waals surface area (Å²) in [7, 11) is 0. The number of hydrogen-bond acceptors (Lipinski definition) is 3. The highest BCUT2D eigenvalue weighted by molar-refractivity contribution is 7.18. The van der Waals surface area contributed by atoms with E-state index in [4.69, 9.17) is 16.3 Å². The van der Waals surface area contributed by atoms with Gasteiger partial charge >= 0.3 is 0 Å². The van der Waals surface area contributed by atoms with E-state index in [2.05, 4.69) is 0 Å². The van der Waals surface area contributed by atoms with Gasteiger partial charge in [-0.3, -0.25) is 4.79 Å². The molecule has 0 atom stereocenters. The number of carbonyl (C=O) groups is 1. The molecule has 5 heteroatoms. The van der Waals surface area contributed by atoms with Gasteiger partial charge in [0.1, 0.15) is 11.6 Å². The number of thiophene rings is 1. The first-order valence-electron chi connectivity index (χ1n) is 4.82. The molecule has 0 aliphatic rings. The van der Waals surface area contributed by atoms with Crippen LogP contribution in [0.25, 0.3) is 0 Å². The third kappa shape index (κ3) is 3.28. The summed E-state index contributed by atoms with van der Waals surface area (Å²) in [4.78, 5) is 12.2. The molecule has 88 valence electrons. The van der Waals surface area contributed by atoms with Gasteiger partial charge in [-0.05, 0) is 36.4 Å². The fourth-order valence-electron chi connectivity index (χ4n) is 1.21. The van der Waals surface area contributed by atoms with Crippen LogP contribution < -0.4 is 4.74 Å². The molecule has 2 aromatic rings. The summed E-state index contributed by atoms with van der Waals surface area (Å²) in [5.41, 5.74) is 0. The molecule has 2 rings (SSSR count). The van der Waals surface area contributed by atoms with Gasteiger partial charge in [0.2, 0.25) is 5.78 Å². The Hall–Kier alpha value is -1.39. The lowest BCUT2D eigenvalue weighted by molar-refractivity contribution is 0.0925. The van der Waals surface area contributed by atoms with Crippen LogP contribution >= 0.6 is 22.9 Å². The lowest BCUT2D eigenvalue weighted by Crippen LogP contribution is -2.09. The van der Waals surface area contributed by atoms with E-state index in [9.17, 15) is 9.18 Å². The minimum atomic E-state index is -0.339. The molecular weight excluding hydrogens is 263 g/mol. The Kier molecular flexibility index (Phi) is 3.76. The number of ether oxygens (including phenoxy) is 1. The quantitative estimate of drug-likeness (QED) is 0.790. The third-order valence-electron chi connectivity index (χ3n) is 2.03. The Morgan fingerprint density at radius 3 is 2.53 bits per heavy atom. The van der Waals surface area contributed by atoms with Crippen molar-refractivity contribution in [1.29, 1.82) is 0 Å². The molecular formula is C12H8ClFO2S. The van der Waals surface area contributed by atoms with Crippen LogP contribution in [0.2, 0.25) is 4.34 Å². The highest BCUT2D eigenvalue weighted by Crippen LogP contribution is 2.22. The van der Waals surface area contributed by atoms with Crippen LogP contribution in [-0.4, -0.2) is 12.4 Å². The average molecular weight is 271 g/mol. The molecule has 1 heterocycles. The Balaban J connectivity index is 1.94. The highest BCUT2D eigenvalue weighted by Gasteiger charge is 2.09. The van der Waals surface area contributed by atoms with Crippen molar-refractivity contribution in [2.75, 3.05) is 6.61 Å². The predicted octanol–water partition coefficient (Wildman–Crippen LogP) is 3.80. The first-order chi connectivity index (χ1) is 8.15. The predicted molar refractivity (Wildman–Crippen MR) is 65.6 cm³/mol. The molecule has 0 N–H and O–H groups in total. The molecule has 0 aliphatic heterocycles. The maximum Gasteiger partial charge on any atom is 0.210 e. The normalized spacial score (nSPS) is 10.2. The summed E-state index contributed by atoms with van der Waals surface area (Å²) in [6, 6.07) is 8.83. The van der Waals surface area contributed by atoms with Crippen LogP contribution in [0.5, 0.6) is 5.75 Å². The van der Waals surface area contributed by atoms with Crippen LogP contribution in [0.3, 0.4) is 0 Å². The maximum atomic E-state index is 12.6. The van der Waals surface area contributed by atoms with Crippen molar-refractivity contribution in [3.63, 3.8) is 0 Å². The third-order valence-corrected chi connectivity index (χ3v) is 3.30. The molecule has 0 saturated carbocycles. The van der Waals surface area contributed by atoms with Crippen molar-refractivity contribution in [2.24, 2.45) is 0 Å². The van der Waals surface area contributed by atoms with Gasteiger partial charge in [-0.15, -0.1) is 11.3 Å². The SMILES string of the molecule is O=C(COc1ccc(F)cc1)c1ccc(Cl)s1. The smallest absolute Gasteiger partial charge is 0.210 e. The van der Waals surface area contributed by atoms with Gasteiger partial charge in [-0.2, -0.15) is 0 Å². The van der Waals surface area contributed by atoms with Crippen molar-refractivity contribution in [3.05, 3.63) is 51.4 Å². The van der Waals surface area contributed by atoms with Crippen molar-refractivity contribution in [1.82, 2.24) is 0 Å². The van der Waals surface area contributed by atoms with E-state index in [-0.39, 0.29) is 18.2 Å². The molecule has 1 aromatic heterocycles. The number of Topliss-reactive ketones (excluding diaryl/α,β-unsaturated/α-hetero) is 1. The van der Waals surface area contributed by atoms with Crippen LogP contribution in [0, 0.1) is 5.82 Å². The van der Waals surface area contributed by atoms with Crippen molar-refractivity contribution in [3.8, 4) is 5.75 Å². The van der Waals surface area contributed by atoms with Crippen LogP contribution in [0.4, 0.5) is 4.39 Å². The minimum Gasteiger partial charge on any atom is -0.485 e. The summed E-state index contributed by atoms with van der Waals surface area (Å²) in [5.74, 6) is -0.0256. The highest BCUT2D eigenvalue weighted by atomic mass is 35.5. The van der Waals surface area contributed by atoms with Gasteiger partial charge in [0.15, 0.2) is 6.61 Å². The lowest BCUT2D eigenvalue weighted by atomic mass is 10.3. The molecule has 0 unspecified atom stereocenters. The van der Waals surface area contributed by atoms with E-state index >= 15 is 0 Å². The molecule has 0 saturated heterocycles. The summed E-state index contributed by atoms with van der Waals surface area (Å²) < 4.78 is 18.4. The van der Waals surface area contributed by atoms with Gasteiger partial charge in [-0.25, -0.2) is 4.39 Å². The Labute approximate surface area is 107 Å². The summed E-state index contributed by atoms with van der Waals surface area (Å²) in [5, 5.41) is 0. The number of ketones is 1. The summed E-state index contributed by atoms with van der Waals surface area (Å²) in [6.45, 7) is -0.0809. The van der Waals surface area contributed by atoms with Crippen LogP contribution in [0.15, 0.2) is 36.4 Å². The van der Waals surface area contributed by atoms with E-state index in [0.717, 1.165) is 0 Å². The standard InChI is InChI=1S/C12H8ClFO2S/c13-12-6-5-11(17-12)10(15)7-16-9-3-1-8(14)2-4-9/h1-6H,7H2. The number of benzene rings is 1. The molecule has 0 fully saturated rings. The molecule has 0 radical (unpaired) electrons. The number of halogens is 2. The number of hydrogen-bond donors (Lipinski definition) is 0. The second-order valence-electron chi connectivity index (χ2n) is 3.27. The second-order valence-corrected chi connectivity index (χ2v) is 4.98. The van der Waals surface area contributed by atoms with Crippen LogP contribution in [0.1, 0.15) is 9.67 Å². The molecule has 0 spiro atoms. The fraction of sp³-hybridized carbons (Fsp3) is 0.0833. The van der Waals surface area contributed by atoms with E-state index in [0.29, 0.717) is 15.0 Å². The number of carbonyl (C=O) groups excluding carboxylic acids is 1. The van der Waals surface area contributed by atoms with Gasteiger partial charge < -0.3 is 4.74 Å². The molecule has 2 nitrogen and oxygen atoms in total. The van der Waals surface area contributed by atoms with E-state index in [1.165, 1.54) is 35.6 Å². The zero-order valence-electron chi connectivity index (χ0n) is 8.65. The maximum absolute atomic E-state index is 12.6. The second kappa shape index (κ2) is 5.29. The lowest BCUT2D eigenvalue weighted by Gasteiger charge is -2.03. The van der Waals surface area contributed by atoms with Crippen LogP contribution in [-0.2, 0) is 0 Å². The van der Waals surface area contributed by atoms with Gasteiger partial charge in [0.05, 0.1) is 9.21 Å². The fourth-order valence-corrected chi connectivity index (χ4v) is 2.18. The molecule has 0 amide bonds. The monoisotopic (exact) mass is 270 g/mol. The Morgan fingerprint density at radius 2 is 1.94 bits per heavy atom. The Morgan fingerprint density at radius 1 is 1.24 bits per heavy atom. The molecule has 17 heavy (non-hydrogen) atoms. The van der Waals surface area contributed by atoms with Gasteiger partial charge in [0.25, 0.3) is 0 Å². The molecule has 1 aromatic carbocycles. The van der Waals surface area contributed by atoms with Gasteiger partial charge in [-0.1, -0.05) is 11.6 Å². The zero-order valence-corrected chi connectivity index (χ0v) is 10.2. The molecule has 0 bridgehead atoms. The summed E-state index contributed by atoms with van der Waals surface area (Å²) >= 11 is 6.93. The van der Waals surface area contributed by atoms with Crippen molar-refractivity contribution in [2.45, 2.75) is 0 Å². The van der Waals surface area contributed by atoms with E-state index in [1.54, 1.807) is 12.1 Å². The van der Waals surface area contributed by atoms with E-state index < -0.39 is 0 Å². The van der Waals surface area contributed by atoms with Crippen molar-refractivity contribution >= 4 is 28.7 Å². The van der Waals surface area contributed by atoms with E-state index in [1.807, 2.05) is 0 Å². The largest absolute Gasteiger partial charge is 0.485 e. The van der Waals surface area contributed by atoms with Crippen molar-refractivity contribution < 1.29 is 13.9 Å². The minimum absolute atomic E-state index is 0.0809. The first kappa shape index (κ1) is 12.1. The Bertz CT molecular complexity index is 522. The topological polar surface area (TPSA) is 26.3 Å². The van der Waals surface area contributed by atoms with Gasteiger partial charge in [0, 0.05) is 0 Å².